The van der Waals surface area contributed by atoms with Gasteiger partial charge in [-0.15, -0.1) is 0 Å². The average Bonchev–Trinajstić information content (AvgIpc) is 2.57. The molecule has 0 aliphatic rings. The van der Waals surface area contributed by atoms with E-state index in [9.17, 15) is 8.42 Å². The van der Waals surface area contributed by atoms with Crippen molar-refractivity contribution in [1.29, 1.82) is 0 Å². The molecule has 2 rings (SSSR count). The van der Waals surface area contributed by atoms with Gasteiger partial charge in [0.1, 0.15) is 0 Å². The second-order valence-corrected chi connectivity index (χ2v) is 8.34. The van der Waals surface area contributed by atoms with Crippen molar-refractivity contribution >= 4 is 33.2 Å². The van der Waals surface area contributed by atoms with Gasteiger partial charge in [0.15, 0.2) is 11.5 Å². The van der Waals surface area contributed by atoms with Crippen LogP contribution in [0.2, 0.25) is 10.0 Å². The summed E-state index contributed by atoms with van der Waals surface area (Å²) in [4.78, 5) is 0. The molecule has 25 heavy (non-hydrogen) atoms. The Morgan fingerprint density at radius 2 is 1.56 bits per heavy atom. The first-order valence-corrected chi connectivity index (χ1v) is 9.72. The molecule has 136 valence electrons. The zero-order valence-corrected chi connectivity index (χ0v) is 16.5. The molecule has 0 heterocycles. The molecule has 8 heteroatoms. The second-order valence-electron chi connectivity index (χ2n) is 5.45. The molecule has 0 aliphatic carbocycles. The highest BCUT2D eigenvalue weighted by Crippen LogP contribution is 2.28. The molecule has 0 fully saturated rings. The zero-order valence-electron chi connectivity index (χ0n) is 14.1. The third kappa shape index (κ3) is 5.01. The maximum Gasteiger partial charge on any atom is 0.218 e. The predicted octanol–water partition coefficient (Wildman–Crippen LogP) is 3.97. The molecule has 2 aromatic carbocycles. The highest BCUT2D eigenvalue weighted by Gasteiger charge is 2.20. The van der Waals surface area contributed by atoms with E-state index in [1.807, 2.05) is 0 Å². The minimum absolute atomic E-state index is 0.159. The summed E-state index contributed by atoms with van der Waals surface area (Å²) < 4.78 is 36.9. The van der Waals surface area contributed by atoms with Crippen molar-refractivity contribution in [3.8, 4) is 11.5 Å². The van der Waals surface area contributed by atoms with Gasteiger partial charge in [-0.1, -0.05) is 35.3 Å². The van der Waals surface area contributed by atoms with Crippen LogP contribution in [0, 0.1) is 0 Å². The molecule has 2 aromatic rings. The zero-order chi connectivity index (χ0) is 18.6. The van der Waals surface area contributed by atoms with Crippen molar-refractivity contribution < 1.29 is 17.9 Å². The number of sulfonamides is 1. The number of rotatable bonds is 7. The summed E-state index contributed by atoms with van der Waals surface area (Å²) in [5, 5.41) is 0.721. The third-order valence-corrected chi connectivity index (χ3v) is 6.18. The highest BCUT2D eigenvalue weighted by atomic mass is 35.5. The van der Waals surface area contributed by atoms with Crippen molar-refractivity contribution in [1.82, 2.24) is 4.31 Å². The van der Waals surface area contributed by atoms with E-state index in [-0.39, 0.29) is 12.3 Å². The Kier molecular flexibility index (Phi) is 6.57. The summed E-state index contributed by atoms with van der Waals surface area (Å²) >= 11 is 11.8. The van der Waals surface area contributed by atoms with Crippen molar-refractivity contribution in [2.75, 3.05) is 21.3 Å². The van der Waals surface area contributed by atoms with E-state index in [2.05, 4.69) is 0 Å². The maximum absolute atomic E-state index is 12.6. The van der Waals surface area contributed by atoms with Crippen molar-refractivity contribution in [2.24, 2.45) is 0 Å². The topological polar surface area (TPSA) is 55.8 Å². The normalized spacial score (nSPS) is 11.6. The fourth-order valence-corrected chi connectivity index (χ4v) is 3.77. The molecule has 0 saturated heterocycles. The van der Waals surface area contributed by atoms with E-state index in [1.165, 1.54) is 18.5 Å². The number of nitrogens with zero attached hydrogens (tertiary/aromatic N) is 1. The first-order valence-electron chi connectivity index (χ1n) is 7.35. The summed E-state index contributed by atoms with van der Waals surface area (Å²) in [5.74, 6) is 0.982. The smallest absolute Gasteiger partial charge is 0.218 e. The number of hydrogen-bond acceptors (Lipinski definition) is 4. The van der Waals surface area contributed by atoms with E-state index in [4.69, 9.17) is 32.7 Å². The molecule has 0 spiro atoms. The van der Waals surface area contributed by atoms with E-state index in [0.29, 0.717) is 27.1 Å². The van der Waals surface area contributed by atoms with Gasteiger partial charge in [0.25, 0.3) is 0 Å². The van der Waals surface area contributed by atoms with Crippen LogP contribution in [0.3, 0.4) is 0 Å². The Bertz CT molecular complexity index is 856. The van der Waals surface area contributed by atoms with Gasteiger partial charge in [-0.2, -0.15) is 0 Å². The van der Waals surface area contributed by atoms with Gasteiger partial charge in [-0.25, -0.2) is 12.7 Å². The predicted molar refractivity (Wildman–Crippen MR) is 100 cm³/mol. The van der Waals surface area contributed by atoms with Gasteiger partial charge in [-0.3, -0.25) is 0 Å². The van der Waals surface area contributed by atoms with E-state index >= 15 is 0 Å². The van der Waals surface area contributed by atoms with Crippen molar-refractivity contribution in [2.45, 2.75) is 12.3 Å². The first kappa shape index (κ1) is 19.8. The Morgan fingerprint density at radius 1 is 0.920 bits per heavy atom. The molecule has 5 nitrogen and oxygen atoms in total. The summed E-state index contributed by atoms with van der Waals surface area (Å²) in [6.45, 7) is 0.212. The summed E-state index contributed by atoms with van der Waals surface area (Å²) in [7, 11) is 1.10. The minimum Gasteiger partial charge on any atom is -0.493 e. The molecule has 0 saturated carbocycles. The van der Waals surface area contributed by atoms with Crippen LogP contribution in [0.25, 0.3) is 0 Å². The Morgan fingerprint density at radius 3 is 2.16 bits per heavy atom. The van der Waals surface area contributed by atoms with Crippen LogP contribution in [0.1, 0.15) is 11.1 Å². The molecule has 0 radical (unpaired) electrons. The van der Waals surface area contributed by atoms with Crippen LogP contribution in [-0.4, -0.2) is 34.0 Å². The molecular formula is C17H19Cl2NO4S. The van der Waals surface area contributed by atoms with Crippen LogP contribution < -0.4 is 9.47 Å². The largest absolute Gasteiger partial charge is 0.493 e. The van der Waals surface area contributed by atoms with Crippen LogP contribution >= 0.6 is 23.2 Å². The third-order valence-electron chi connectivity index (χ3n) is 3.66. The fourth-order valence-electron chi connectivity index (χ4n) is 2.28. The van der Waals surface area contributed by atoms with Crippen LogP contribution in [0.4, 0.5) is 0 Å². The van der Waals surface area contributed by atoms with Gasteiger partial charge >= 0.3 is 0 Å². The number of methoxy groups -OCH3 is 2. The van der Waals surface area contributed by atoms with Crippen molar-refractivity contribution in [3.63, 3.8) is 0 Å². The second kappa shape index (κ2) is 8.27. The summed E-state index contributed by atoms with van der Waals surface area (Å²) in [6.07, 6.45) is 0. The first-order chi connectivity index (χ1) is 11.8. The van der Waals surface area contributed by atoms with E-state index in [0.717, 1.165) is 5.56 Å². The van der Waals surface area contributed by atoms with Crippen molar-refractivity contribution in [3.05, 3.63) is 57.6 Å². The minimum atomic E-state index is -3.52. The number of ether oxygens (including phenoxy) is 2. The Hall–Kier alpha value is -1.47. The van der Waals surface area contributed by atoms with Gasteiger partial charge in [0.2, 0.25) is 10.0 Å². The molecule has 0 N–H and O–H groups in total. The van der Waals surface area contributed by atoms with Crippen LogP contribution in [-0.2, 0) is 22.3 Å². The van der Waals surface area contributed by atoms with Gasteiger partial charge in [0.05, 0.1) is 30.0 Å². The van der Waals surface area contributed by atoms with Crippen LogP contribution in [0.15, 0.2) is 36.4 Å². The maximum atomic E-state index is 12.6. The standard InChI is InChI=1S/C17H19Cl2NO4S/c1-20(10-12-5-7-16(23-2)17(9-12)24-3)25(21,22)11-13-4-6-14(18)15(19)8-13/h4-9H,10-11H2,1-3H3. The number of benzene rings is 2. The molecule has 0 atom stereocenters. The van der Waals surface area contributed by atoms with Gasteiger partial charge < -0.3 is 9.47 Å². The van der Waals surface area contributed by atoms with Crippen LogP contribution in [0.5, 0.6) is 11.5 Å². The molecule has 0 aliphatic heterocycles. The van der Waals surface area contributed by atoms with E-state index < -0.39 is 10.0 Å². The molecule has 0 aromatic heterocycles. The average molecular weight is 404 g/mol. The quantitative estimate of drug-likeness (QED) is 0.701. The lowest BCUT2D eigenvalue weighted by molar-refractivity contribution is 0.354. The lowest BCUT2D eigenvalue weighted by Crippen LogP contribution is -2.27. The fraction of sp³-hybridized carbons (Fsp3) is 0.294. The lowest BCUT2D eigenvalue weighted by atomic mass is 10.2. The van der Waals surface area contributed by atoms with Gasteiger partial charge in [0, 0.05) is 13.6 Å². The van der Waals surface area contributed by atoms with Gasteiger partial charge in [-0.05, 0) is 35.4 Å². The molecule has 0 amide bonds. The SMILES string of the molecule is COc1ccc(CN(C)S(=O)(=O)Cc2ccc(Cl)c(Cl)c2)cc1OC. The van der Waals surface area contributed by atoms with E-state index in [1.54, 1.807) is 43.5 Å². The highest BCUT2D eigenvalue weighted by molar-refractivity contribution is 7.88. The lowest BCUT2D eigenvalue weighted by Gasteiger charge is -2.18. The number of halogens is 2. The molecular weight excluding hydrogens is 385 g/mol. The Balaban J connectivity index is 2.15. The molecule has 0 unspecified atom stereocenters. The summed E-state index contributed by atoms with van der Waals surface area (Å²) in [6, 6.07) is 10.1. The molecule has 0 bridgehead atoms. The Labute approximate surface area is 158 Å². The number of hydrogen-bond donors (Lipinski definition) is 0. The summed E-state index contributed by atoms with van der Waals surface area (Å²) in [5.41, 5.74) is 1.37. The monoisotopic (exact) mass is 403 g/mol.